The Bertz CT molecular complexity index is 285. The summed E-state index contributed by atoms with van der Waals surface area (Å²) < 4.78 is 0. The fraction of sp³-hybridized carbons (Fsp3) is 0.429. The molecule has 1 heteroatoms. The Labute approximate surface area is 93.4 Å². The van der Waals surface area contributed by atoms with E-state index >= 15 is 0 Å². The molecular formula is C14H21N. The number of rotatable bonds is 5. The summed E-state index contributed by atoms with van der Waals surface area (Å²) in [6.45, 7) is 8.75. The Hall–Kier alpha value is -1.24. The molecule has 0 bridgehead atoms. The van der Waals surface area contributed by atoms with Crippen molar-refractivity contribution in [1.29, 1.82) is 0 Å². The van der Waals surface area contributed by atoms with E-state index in [-0.39, 0.29) is 0 Å². The number of benzene rings is 1. The molecule has 0 fully saturated rings. The summed E-state index contributed by atoms with van der Waals surface area (Å²) in [6, 6.07) is 10.6. The third kappa shape index (κ3) is 3.78. The molecule has 0 aliphatic heterocycles. The molecule has 0 saturated heterocycles. The maximum Gasteiger partial charge on any atom is 0.0143 e. The average Bonchev–Trinajstić information content (AvgIpc) is 2.31. The summed E-state index contributed by atoms with van der Waals surface area (Å²) in [4.78, 5) is 2.31. The van der Waals surface area contributed by atoms with Gasteiger partial charge in [-0.05, 0) is 25.6 Å². The lowest BCUT2D eigenvalue weighted by atomic mass is 10.0. The zero-order valence-corrected chi connectivity index (χ0v) is 9.98. The molecule has 0 aliphatic carbocycles. The molecule has 82 valence electrons. The smallest absolute Gasteiger partial charge is 0.0143 e. The number of hydrogen-bond acceptors (Lipinski definition) is 1. The molecule has 1 rings (SSSR count). The quantitative estimate of drug-likeness (QED) is 0.706. The van der Waals surface area contributed by atoms with E-state index < -0.39 is 0 Å². The zero-order chi connectivity index (χ0) is 11.1. The van der Waals surface area contributed by atoms with Gasteiger partial charge in [-0.3, -0.25) is 0 Å². The predicted octanol–water partition coefficient (Wildman–Crippen LogP) is 3.65. The first-order valence-electron chi connectivity index (χ1n) is 5.75. The maximum atomic E-state index is 2.31. The zero-order valence-electron chi connectivity index (χ0n) is 9.98. The van der Waals surface area contributed by atoms with E-state index in [9.17, 15) is 0 Å². The van der Waals surface area contributed by atoms with Crippen molar-refractivity contribution in [3.05, 3.63) is 48.2 Å². The van der Waals surface area contributed by atoms with Crippen LogP contribution in [0, 0.1) is 0 Å². The molecule has 0 spiro atoms. The van der Waals surface area contributed by atoms with Crippen molar-refractivity contribution in [3.63, 3.8) is 0 Å². The van der Waals surface area contributed by atoms with Gasteiger partial charge < -0.3 is 4.90 Å². The summed E-state index contributed by atoms with van der Waals surface area (Å²) in [5.41, 5.74) is 1.38. The van der Waals surface area contributed by atoms with E-state index in [0.717, 1.165) is 13.1 Å². The Morgan fingerprint density at radius 3 is 2.27 bits per heavy atom. The fourth-order valence-corrected chi connectivity index (χ4v) is 1.55. The molecule has 0 aromatic heterocycles. The Kier molecular flexibility index (Phi) is 4.96. The van der Waals surface area contributed by atoms with Crippen molar-refractivity contribution in [2.45, 2.75) is 26.7 Å². The van der Waals surface area contributed by atoms with Crippen molar-refractivity contribution in [3.8, 4) is 0 Å². The van der Waals surface area contributed by atoms with Gasteiger partial charge in [-0.25, -0.2) is 0 Å². The molecular weight excluding hydrogens is 182 g/mol. The van der Waals surface area contributed by atoms with E-state index in [1.807, 2.05) is 0 Å². The van der Waals surface area contributed by atoms with E-state index in [4.69, 9.17) is 0 Å². The lowest BCUT2D eigenvalue weighted by Gasteiger charge is -2.16. The second-order valence-corrected chi connectivity index (χ2v) is 3.76. The summed E-state index contributed by atoms with van der Waals surface area (Å²) in [7, 11) is 0. The standard InChI is InChI=1S/C14H21N/c1-4-15(5-2)12-11-13(3)14-9-7-6-8-10-14/h6-13H,4-5H2,1-3H3. The van der Waals surface area contributed by atoms with E-state index in [2.05, 4.69) is 68.3 Å². The normalized spacial score (nSPS) is 13.0. The topological polar surface area (TPSA) is 3.24 Å². The lowest BCUT2D eigenvalue weighted by molar-refractivity contribution is 0.417. The van der Waals surface area contributed by atoms with Crippen LogP contribution in [-0.2, 0) is 0 Å². The molecule has 0 radical (unpaired) electrons. The van der Waals surface area contributed by atoms with Crippen LogP contribution in [0.3, 0.4) is 0 Å². The number of allylic oxidation sites excluding steroid dienone is 1. The van der Waals surface area contributed by atoms with Crippen molar-refractivity contribution >= 4 is 0 Å². The molecule has 0 aliphatic rings. The van der Waals surface area contributed by atoms with Gasteiger partial charge in [-0.15, -0.1) is 0 Å². The van der Waals surface area contributed by atoms with Gasteiger partial charge in [0.05, 0.1) is 0 Å². The van der Waals surface area contributed by atoms with E-state index in [1.54, 1.807) is 0 Å². The van der Waals surface area contributed by atoms with E-state index in [0.29, 0.717) is 5.92 Å². The van der Waals surface area contributed by atoms with Gasteiger partial charge in [0, 0.05) is 19.0 Å². The number of hydrogen-bond donors (Lipinski definition) is 0. The van der Waals surface area contributed by atoms with Gasteiger partial charge in [0.25, 0.3) is 0 Å². The van der Waals surface area contributed by atoms with Crippen molar-refractivity contribution < 1.29 is 0 Å². The third-order valence-electron chi connectivity index (χ3n) is 2.72. The molecule has 1 atom stereocenters. The summed E-state index contributed by atoms with van der Waals surface area (Å²) >= 11 is 0. The second-order valence-electron chi connectivity index (χ2n) is 3.76. The molecule has 0 saturated carbocycles. The summed E-state index contributed by atoms with van der Waals surface area (Å²) in [5, 5.41) is 0. The summed E-state index contributed by atoms with van der Waals surface area (Å²) in [5.74, 6) is 0.492. The van der Waals surface area contributed by atoms with Crippen LogP contribution in [-0.4, -0.2) is 18.0 Å². The van der Waals surface area contributed by atoms with Crippen LogP contribution < -0.4 is 0 Å². The van der Waals surface area contributed by atoms with Gasteiger partial charge >= 0.3 is 0 Å². The first kappa shape index (κ1) is 11.8. The minimum absolute atomic E-state index is 0.492. The van der Waals surface area contributed by atoms with Crippen LogP contribution in [0.25, 0.3) is 0 Å². The van der Waals surface area contributed by atoms with Gasteiger partial charge in [-0.2, -0.15) is 0 Å². The highest BCUT2D eigenvalue weighted by Gasteiger charge is 1.99. The van der Waals surface area contributed by atoms with Gasteiger partial charge in [0.1, 0.15) is 0 Å². The van der Waals surface area contributed by atoms with Crippen molar-refractivity contribution in [2.75, 3.05) is 13.1 Å². The highest BCUT2D eigenvalue weighted by Crippen LogP contribution is 2.15. The van der Waals surface area contributed by atoms with Crippen LogP contribution >= 0.6 is 0 Å². The molecule has 1 aromatic carbocycles. The van der Waals surface area contributed by atoms with Gasteiger partial charge in [0.2, 0.25) is 0 Å². The highest BCUT2D eigenvalue weighted by atomic mass is 15.1. The molecule has 1 unspecified atom stereocenters. The van der Waals surface area contributed by atoms with Crippen LogP contribution in [0.5, 0.6) is 0 Å². The van der Waals surface area contributed by atoms with Crippen molar-refractivity contribution in [1.82, 2.24) is 4.90 Å². The first-order valence-corrected chi connectivity index (χ1v) is 5.75. The van der Waals surface area contributed by atoms with Crippen molar-refractivity contribution in [2.24, 2.45) is 0 Å². The Morgan fingerprint density at radius 2 is 1.73 bits per heavy atom. The number of nitrogens with zero attached hydrogens (tertiary/aromatic N) is 1. The van der Waals surface area contributed by atoms with Crippen LogP contribution in [0.1, 0.15) is 32.3 Å². The molecule has 1 nitrogen and oxygen atoms in total. The van der Waals surface area contributed by atoms with E-state index in [1.165, 1.54) is 5.56 Å². The second kappa shape index (κ2) is 6.28. The minimum Gasteiger partial charge on any atom is -0.378 e. The predicted molar refractivity (Wildman–Crippen MR) is 66.9 cm³/mol. The largest absolute Gasteiger partial charge is 0.378 e. The first-order chi connectivity index (χ1) is 7.27. The highest BCUT2D eigenvalue weighted by molar-refractivity contribution is 5.22. The van der Waals surface area contributed by atoms with Crippen LogP contribution in [0.4, 0.5) is 0 Å². The average molecular weight is 203 g/mol. The van der Waals surface area contributed by atoms with Gasteiger partial charge in [0.15, 0.2) is 0 Å². The molecule has 0 heterocycles. The van der Waals surface area contributed by atoms with Crippen LogP contribution in [0.2, 0.25) is 0 Å². The molecule has 1 aromatic rings. The Balaban J connectivity index is 2.59. The SMILES string of the molecule is CCN(C=CC(C)c1ccccc1)CC. The molecule has 15 heavy (non-hydrogen) atoms. The van der Waals surface area contributed by atoms with Gasteiger partial charge in [-0.1, -0.05) is 43.3 Å². The fourth-order valence-electron chi connectivity index (χ4n) is 1.55. The summed E-state index contributed by atoms with van der Waals surface area (Å²) in [6.07, 6.45) is 4.47. The molecule has 0 N–H and O–H groups in total. The minimum atomic E-state index is 0.492. The maximum absolute atomic E-state index is 2.31. The van der Waals surface area contributed by atoms with Crippen LogP contribution in [0.15, 0.2) is 42.6 Å². The molecule has 0 amide bonds. The lowest BCUT2D eigenvalue weighted by Crippen LogP contribution is -2.15. The Morgan fingerprint density at radius 1 is 1.13 bits per heavy atom. The third-order valence-corrected chi connectivity index (χ3v) is 2.72. The monoisotopic (exact) mass is 203 g/mol.